The van der Waals surface area contributed by atoms with Gasteiger partial charge in [-0.2, -0.15) is 13.2 Å². The van der Waals surface area contributed by atoms with Crippen LogP contribution in [-0.4, -0.2) is 29.8 Å². The molecule has 1 aliphatic heterocycles. The zero-order valence-electron chi connectivity index (χ0n) is 16.3. The molecule has 2 aromatic rings. The molecule has 10 heteroatoms. The lowest BCUT2D eigenvalue weighted by Gasteiger charge is -2.13. The van der Waals surface area contributed by atoms with E-state index in [-0.39, 0.29) is 17.9 Å². The fourth-order valence-corrected chi connectivity index (χ4v) is 3.49. The van der Waals surface area contributed by atoms with Crippen molar-refractivity contribution in [3.63, 3.8) is 0 Å². The monoisotopic (exact) mass is 449 g/mol. The Morgan fingerprint density at radius 1 is 1.13 bits per heavy atom. The molecule has 31 heavy (non-hydrogen) atoms. The molecule has 2 N–H and O–H groups in total. The first-order valence-electron chi connectivity index (χ1n) is 9.07. The molecule has 6 nitrogen and oxygen atoms in total. The highest BCUT2D eigenvalue weighted by Crippen LogP contribution is 2.35. The molecule has 0 saturated heterocycles. The summed E-state index contributed by atoms with van der Waals surface area (Å²) in [6.07, 6.45) is -3.00. The first-order chi connectivity index (χ1) is 14.8. The molecule has 0 fully saturated rings. The van der Waals surface area contributed by atoms with Crippen LogP contribution in [0.25, 0.3) is 0 Å². The largest absolute Gasteiger partial charge is 0.469 e. The van der Waals surface area contributed by atoms with Crippen molar-refractivity contribution in [3.05, 3.63) is 65.9 Å². The minimum absolute atomic E-state index is 0.0322. The Morgan fingerprint density at radius 3 is 2.58 bits per heavy atom. The summed E-state index contributed by atoms with van der Waals surface area (Å²) in [4.78, 5) is 28.5. The number of hydrogen-bond donors (Lipinski definition) is 2. The van der Waals surface area contributed by atoms with E-state index >= 15 is 0 Å². The van der Waals surface area contributed by atoms with Gasteiger partial charge in [-0.1, -0.05) is 36.0 Å². The van der Waals surface area contributed by atoms with Crippen LogP contribution >= 0.6 is 11.8 Å². The smallest absolute Gasteiger partial charge is 0.418 e. The lowest BCUT2D eigenvalue weighted by Crippen LogP contribution is -2.18. The van der Waals surface area contributed by atoms with Gasteiger partial charge in [-0.05, 0) is 30.3 Å². The second-order valence-electron chi connectivity index (χ2n) is 6.39. The molecular formula is C21H18F3N3O3S. The maximum absolute atomic E-state index is 13.1. The second-order valence-corrected chi connectivity index (χ2v) is 7.39. The zero-order valence-corrected chi connectivity index (χ0v) is 17.1. The predicted octanol–water partition coefficient (Wildman–Crippen LogP) is 4.98. The van der Waals surface area contributed by atoms with E-state index < -0.39 is 23.6 Å². The van der Waals surface area contributed by atoms with Gasteiger partial charge >= 0.3 is 12.1 Å². The number of hydrogen-bond acceptors (Lipinski definition) is 6. The fourth-order valence-electron chi connectivity index (χ4n) is 2.75. The molecule has 1 amide bonds. The molecule has 0 spiro atoms. The van der Waals surface area contributed by atoms with Crippen molar-refractivity contribution in [3.8, 4) is 0 Å². The Bertz CT molecular complexity index is 1050. The normalized spacial score (nSPS) is 13.2. The minimum atomic E-state index is -4.58. The highest BCUT2D eigenvalue weighted by molar-refractivity contribution is 8.14. The van der Waals surface area contributed by atoms with Crippen molar-refractivity contribution in [2.45, 2.75) is 12.6 Å². The number of alkyl halides is 3. The summed E-state index contributed by atoms with van der Waals surface area (Å²) in [5, 5.41) is 5.84. The summed E-state index contributed by atoms with van der Waals surface area (Å²) in [5.74, 6) is -1.24. The lowest BCUT2D eigenvalue weighted by molar-refractivity contribution is -0.140. The van der Waals surface area contributed by atoms with E-state index in [4.69, 9.17) is 4.74 Å². The van der Waals surface area contributed by atoms with Crippen LogP contribution in [0.4, 0.5) is 30.2 Å². The maximum Gasteiger partial charge on any atom is 0.418 e. The summed E-state index contributed by atoms with van der Waals surface area (Å²) in [5.41, 5.74) is 0.572. The van der Waals surface area contributed by atoms with Gasteiger partial charge in [0.05, 0.1) is 47.0 Å². The van der Waals surface area contributed by atoms with Crippen molar-refractivity contribution in [2.24, 2.45) is 4.99 Å². The molecule has 0 aliphatic carbocycles. The number of amides is 1. The molecule has 0 saturated carbocycles. The Hall–Kier alpha value is -3.27. The molecule has 1 aliphatic rings. The SMILES string of the molecule is COC(=O)CC1=CC(SCC(=O)Nc2ccccc2C(F)(F)F)=Nc2ccccc2N1. The van der Waals surface area contributed by atoms with E-state index in [2.05, 4.69) is 15.6 Å². The summed E-state index contributed by atoms with van der Waals surface area (Å²) in [6, 6.07) is 11.9. The van der Waals surface area contributed by atoms with Gasteiger partial charge in [0.1, 0.15) is 0 Å². The van der Waals surface area contributed by atoms with Crippen LogP contribution in [0.2, 0.25) is 0 Å². The van der Waals surface area contributed by atoms with Crippen LogP contribution in [0.15, 0.2) is 65.3 Å². The van der Waals surface area contributed by atoms with Gasteiger partial charge in [-0.25, -0.2) is 4.99 Å². The predicted molar refractivity (Wildman–Crippen MR) is 114 cm³/mol. The van der Waals surface area contributed by atoms with Crippen LogP contribution < -0.4 is 10.6 Å². The number of thioether (sulfide) groups is 1. The molecule has 0 bridgehead atoms. The molecule has 0 aromatic heterocycles. The summed E-state index contributed by atoms with van der Waals surface area (Å²) in [6.45, 7) is 0. The number of fused-ring (bicyclic) bond motifs is 1. The highest BCUT2D eigenvalue weighted by atomic mass is 32.2. The Balaban J connectivity index is 1.75. The number of esters is 1. The molecule has 0 atom stereocenters. The van der Waals surface area contributed by atoms with Crippen molar-refractivity contribution in [2.75, 3.05) is 23.5 Å². The van der Waals surface area contributed by atoms with Crippen molar-refractivity contribution in [1.82, 2.24) is 0 Å². The summed E-state index contributed by atoms with van der Waals surface area (Å²) >= 11 is 1.04. The number of ether oxygens (including phenoxy) is 1. The van der Waals surface area contributed by atoms with Crippen LogP contribution in [0, 0.1) is 0 Å². The van der Waals surface area contributed by atoms with E-state index in [1.165, 1.54) is 25.3 Å². The van der Waals surface area contributed by atoms with Crippen LogP contribution in [0.5, 0.6) is 0 Å². The number of para-hydroxylation sites is 3. The van der Waals surface area contributed by atoms with E-state index in [9.17, 15) is 22.8 Å². The summed E-state index contributed by atoms with van der Waals surface area (Å²) in [7, 11) is 1.28. The van der Waals surface area contributed by atoms with Gasteiger partial charge in [0.15, 0.2) is 0 Å². The van der Waals surface area contributed by atoms with Gasteiger partial charge in [0.25, 0.3) is 0 Å². The number of nitrogens with zero attached hydrogens (tertiary/aromatic N) is 1. The number of carbonyl (C=O) groups is 2. The average molecular weight is 449 g/mol. The third kappa shape index (κ3) is 6.11. The Kier molecular flexibility index (Phi) is 7.01. The lowest BCUT2D eigenvalue weighted by atomic mass is 10.1. The molecule has 162 valence electrons. The van der Waals surface area contributed by atoms with Crippen molar-refractivity contribution < 1.29 is 27.5 Å². The number of benzene rings is 2. The number of anilines is 2. The first kappa shape index (κ1) is 22.4. The topological polar surface area (TPSA) is 79.8 Å². The average Bonchev–Trinajstić information content (AvgIpc) is 2.90. The van der Waals surface area contributed by atoms with Crippen LogP contribution in [0.1, 0.15) is 12.0 Å². The molecule has 1 heterocycles. The molecular weight excluding hydrogens is 431 g/mol. The Morgan fingerprint density at radius 2 is 1.84 bits per heavy atom. The van der Waals surface area contributed by atoms with E-state index in [1.807, 2.05) is 0 Å². The van der Waals surface area contributed by atoms with Crippen LogP contribution in [-0.2, 0) is 20.5 Å². The summed E-state index contributed by atoms with van der Waals surface area (Å²) < 4.78 is 44.0. The fraction of sp³-hybridized carbons (Fsp3) is 0.190. The number of halogens is 3. The molecule has 2 aromatic carbocycles. The van der Waals surface area contributed by atoms with Gasteiger partial charge in [-0.3, -0.25) is 9.59 Å². The first-order valence-corrected chi connectivity index (χ1v) is 10.1. The number of aliphatic imine (C=N–C) groups is 1. The highest BCUT2D eigenvalue weighted by Gasteiger charge is 2.33. The van der Waals surface area contributed by atoms with Gasteiger partial charge < -0.3 is 15.4 Å². The Labute approximate surface area is 180 Å². The number of methoxy groups -OCH3 is 1. The maximum atomic E-state index is 13.1. The van der Waals surface area contributed by atoms with E-state index in [0.29, 0.717) is 22.1 Å². The third-order valence-corrected chi connectivity index (χ3v) is 5.06. The molecule has 0 unspecified atom stereocenters. The molecule has 0 radical (unpaired) electrons. The molecule has 3 rings (SSSR count). The number of nitrogens with one attached hydrogen (secondary N) is 2. The second kappa shape index (κ2) is 9.69. The zero-order chi connectivity index (χ0) is 22.4. The van der Waals surface area contributed by atoms with Gasteiger partial charge in [-0.15, -0.1) is 0 Å². The standard InChI is InChI=1S/C21H18F3N3O3S/c1-30-20(29)11-13-10-19(27-17-9-5-4-8-16(17)25-13)31-12-18(28)26-15-7-3-2-6-14(15)21(22,23)24/h2-10,25H,11-12H2,1H3,(H,26,28). The van der Waals surface area contributed by atoms with Gasteiger partial charge in [0.2, 0.25) is 5.91 Å². The van der Waals surface area contributed by atoms with E-state index in [0.717, 1.165) is 17.8 Å². The van der Waals surface area contributed by atoms with E-state index in [1.54, 1.807) is 30.3 Å². The minimum Gasteiger partial charge on any atom is -0.469 e. The van der Waals surface area contributed by atoms with Gasteiger partial charge in [0, 0.05) is 5.70 Å². The van der Waals surface area contributed by atoms with Crippen LogP contribution in [0.3, 0.4) is 0 Å². The van der Waals surface area contributed by atoms with Crippen molar-refractivity contribution >= 4 is 45.7 Å². The third-order valence-electron chi connectivity index (χ3n) is 4.15. The number of rotatable bonds is 5. The number of carbonyl (C=O) groups excluding carboxylic acids is 2. The van der Waals surface area contributed by atoms with Crippen molar-refractivity contribution in [1.29, 1.82) is 0 Å². The quantitative estimate of drug-likeness (QED) is 0.630.